The number of benzene rings is 2. The number of pyridine rings is 3. The first-order chi connectivity index (χ1) is 22.2. The predicted molar refractivity (Wildman–Crippen MR) is 184 cm³/mol. The quantitative estimate of drug-likeness (QED) is 0.157. The van der Waals surface area contributed by atoms with Gasteiger partial charge in [0.05, 0.1) is 42.7 Å². The van der Waals surface area contributed by atoms with E-state index in [1.807, 2.05) is 68.4 Å². The maximum absolute atomic E-state index is 14.5. The second-order valence-corrected chi connectivity index (χ2v) is 11.3. The van der Waals surface area contributed by atoms with Crippen molar-refractivity contribution in [3.05, 3.63) is 112 Å². The van der Waals surface area contributed by atoms with Gasteiger partial charge < -0.3 is 29.6 Å². The lowest BCUT2D eigenvalue weighted by Crippen LogP contribution is -2.26. The molecular formula is C35H35ClN6O4. The number of amides is 1. The second-order valence-electron chi connectivity index (χ2n) is 10.9. The van der Waals surface area contributed by atoms with Gasteiger partial charge in [0.25, 0.3) is 5.56 Å². The number of fused-ring (bicyclic) bond motifs is 1. The molecule has 0 fully saturated rings. The number of anilines is 3. The van der Waals surface area contributed by atoms with Gasteiger partial charge in [-0.3, -0.25) is 14.6 Å². The summed E-state index contributed by atoms with van der Waals surface area (Å²) >= 11 is 6.77. The standard InChI is InChI=1S/C35H35ClN6O4/c1-22(23-9-6-10-25(15-23)40-33(43)12-8-14-41(2)3)42-30-19-32(39-26-11-7-13-37-21-26)38-20-24(30)16-29(35(42)44)28-17-27(45-4)18-31(46-5)34(28)36/h6-13,15-22H,14H2,1-5H3,(H,38,39)(H,40,43)/b12-8+. The van der Waals surface area contributed by atoms with E-state index in [-0.39, 0.29) is 16.5 Å². The number of carbonyl (C=O) groups is 1. The molecule has 10 nitrogen and oxygen atoms in total. The molecule has 1 unspecified atom stereocenters. The van der Waals surface area contributed by atoms with Crippen LogP contribution >= 0.6 is 11.6 Å². The monoisotopic (exact) mass is 638 g/mol. The molecule has 0 aliphatic carbocycles. The number of rotatable bonds is 11. The van der Waals surface area contributed by atoms with Crippen LogP contribution in [0, 0.1) is 0 Å². The molecule has 0 saturated heterocycles. The summed E-state index contributed by atoms with van der Waals surface area (Å²) < 4.78 is 12.7. The zero-order valence-corrected chi connectivity index (χ0v) is 27.0. The number of aromatic nitrogens is 3. The van der Waals surface area contributed by atoms with Crippen molar-refractivity contribution >= 4 is 45.6 Å². The van der Waals surface area contributed by atoms with Crippen molar-refractivity contribution in [3.63, 3.8) is 0 Å². The van der Waals surface area contributed by atoms with E-state index in [4.69, 9.17) is 21.1 Å². The summed E-state index contributed by atoms with van der Waals surface area (Å²) in [7, 11) is 6.91. The third-order valence-electron chi connectivity index (χ3n) is 7.38. The van der Waals surface area contributed by atoms with Crippen LogP contribution in [0.3, 0.4) is 0 Å². The normalized spacial score (nSPS) is 12.0. The van der Waals surface area contributed by atoms with Crippen molar-refractivity contribution in [2.45, 2.75) is 13.0 Å². The van der Waals surface area contributed by atoms with Crippen LogP contribution in [0.15, 0.2) is 96.2 Å². The molecule has 46 heavy (non-hydrogen) atoms. The van der Waals surface area contributed by atoms with Crippen LogP contribution in [0.5, 0.6) is 11.5 Å². The molecule has 0 saturated carbocycles. The first-order valence-corrected chi connectivity index (χ1v) is 14.9. The van der Waals surface area contributed by atoms with Gasteiger partial charge in [-0.15, -0.1) is 0 Å². The number of carbonyl (C=O) groups excluding carboxylic acids is 1. The highest BCUT2D eigenvalue weighted by Crippen LogP contribution is 2.39. The van der Waals surface area contributed by atoms with Gasteiger partial charge in [0.2, 0.25) is 5.91 Å². The number of likely N-dealkylation sites (N-methyl/N-ethyl adjacent to an activating group) is 1. The third kappa shape index (κ3) is 7.20. The molecule has 0 aliphatic heterocycles. The predicted octanol–water partition coefficient (Wildman–Crippen LogP) is 6.54. The molecule has 1 atom stereocenters. The Hall–Kier alpha value is -5.19. The maximum Gasteiger partial charge on any atom is 0.259 e. The molecule has 0 spiro atoms. The molecule has 2 aromatic carbocycles. The van der Waals surface area contributed by atoms with Gasteiger partial charge in [0.1, 0.15) is 17.3 Å². The van der Waals surface area contributed by atoms with E-state index in [0.29, 0.717) is 51.6 Å². The van der Waals surface area contributed by atoms with E-state index in [1.54, 1.807) is 47.4 Å². The maximum atomic E-state index is 14.5. The lowest BCUT2D eigenvalue weighted by atomic mass is 10.0. The molecule has 11 heteroatoms. The minimum absolute atomic E-state index is 0.241. The minimum atomic E-state index is -0.462. The smallest absolute Gasteiger partial charge is 0.259 e. The van der Waals surface area contributed by atoms with Gasteiger partial charge in [0.15, 0.2) is 0 Å². The minimum Gasteiger partial charge on any atom is -0.497 e. The van der Waals surface area contributed by atoms with E-state index in [2.05, 4.69) is 20.6 Å². The molecular weight excluding hydrogens is 604 g/mol. The summed E-state index contributed by atoms with van der Waals surface area (Å²) in [5.74, 6) is 1.18. The number of hydrogen-bond acceptors (Lipinski definition) is 8. The average Bonchev–Trinajstić information content (AvgIpc) is 3.05. The Morgan fingerprint density at radius 3 is 2.54 bits per heavy atom. The van der Waals surface area contributed by atoms with Crippen molar-refractivity contribution in [1.82, 2.24) is 19.4 Å². The van der Waals surface area contributed by atoms with Crippen LogP contribution in [-0.4, -0.2) is 60.2 Å². The van der Waals surface area contributed by atoms with Gasteiger partial charge in [-0.2, -0.15) is 0 Å². The highest BCUT2D eigenvalue weighted by molar-refractivity contribution is 6.35. The average molecular weight is 639 g/mol. The molecule has 5 aromatic rings. The molecule has 0 aliphatic rings. The van der Waals surface area contributed by atoms with Gasteiger partial charge in [-0.05, 0) is 63.0 Å². The molecule has 1 amide bonds. The Kier molecular flexibility index (Phi) is 10.00. The number of nitrogens with one attached hydrogen (secondary N) is 2. The SMILES string of the molecule is COc1cc(OC)c(Cl)c(-c2cc3cnc(Nc4cccnc4)cc3n(C(C)c3cccc(NC(=O)/C=C/CN(C)C)c3)c2=O)c1. The van der Waals surface area contributed by atoms with E-state index in [9.17, 15) is 9.59 Å². The number of halogens is 1. The molecule has 3 aromatic heterocycles. The van der Waals surface area contributed by atoms with E-state index in [1.165, 1.54) is 20.3 Å². The van der Waals surface area contributed by atoms with E-state index in [0.717, 1.165) is 11.3 Å². The first kappa shape index (κ1) is 32.2. The van der Waals surface area contributed by atoms with Gasteiger partial charge in [-0.1, -0.05) is 29.8 Å². The molecule has 0 radical (unpaired) electrons. The molecule has 5 rings (SSSR count). The van der Waals surface area contributed by atoms with Crippen LogP contribution in [0.1, 0.15) is 18.5 Å². The van der Waals surface area contributed by atoms with Gasteiger partial charge in [-0.25, -0.2) is 4.98 Å². The van der Waals surface area contributed by atoms with Crippen LogP contribution in [0.4, 0.5) is 17.2 Å². The van der Waals surface area contributed by atoms with Gasteiger partial charge in [0, 0.05) is 59.3 Å². The van der Waals surface area contributed by atoms with Crippen LogP contribution < -0.4 is 25.7 Å². The summed E-state index contributed by atoms with van der Waals surface area (Å²) in [5.41, 5.74) is 3.36. The lowest BCUT2D eigenvalue weighted by Gasteiger charge is -2.22. The number of hydrogen-bond donors (Lipinski definition) is 2. The highest BCUT2D eigenvalue weighted by atomic mass is 35.5. The third-order valence-corrected chi connectivity index (χ3v) is 7.77. The van der Waals surface area contributed by atoms with Crippen molar-refractivity contribution < 1.29 is 14.3 Å². The first-order valence-electron chi connectivity index (χ1n) is 14.5. The summed E-state index contributed by atoms with van der Waals surface area (Å²) in [6.07, 6.45) is 8.39. The topological polar surface area (TPSA) is 111 Å². The van der Waals surface area contributed by atoms with Crippen molar-refractivity contribution in [2.75, 3.05) is 45.5 Å². The Morgan fingerprint density at radius 2 is 1.83 bits per heavy atom. The molecule has 0 bridgehead atoms. The van der Waals surface area contributed by atoms with E-state index < -0.39 is 6.04 Å². The number of ether oxygens (including phenoxy) is 2. The Labute approximate surface area is 272 Å². The Balaban J connectivity index is 1.65. The fourth-order valence-corrected chi connectivity index (χ4v) is 5.36. The van der Waals surface area contributed by atoms with Crippen molar-refractivity contribution in [1.29, 1.82) is 0 Å². The van der Waals surface area contributed by atoms with Crippen molar-refractivity contribution in [2.24, 2.45) is 0 Å². The zero-order chi connectivity index (χ0) is 32.8. The molecule has 236 valence electrons. The largest absolute Gasteiger partial charge is 0.497 e. The number of nitrogens with zero attached hydrogens (tertiary/aromatic N) is 4. The fourth-order valence-electron chi connectivity index (χ4n) is 5.08. The van der Waals surface area contributed by atoms with Crippen LogP contribution in [0.25, 0.3) is 22.0 Å². The summed E-state index contributed by atoms with van der Waals surface area (Å²) in [6, 6.07) is 17.7. The summed E-state index contributed by atoms with van der Waals surface area (Å²) in [4.78, 5) is 37.9. The van der Waals surface area contributed by atoms with Gasteiger partial charge >= 0.3 is 0 Å². The van der Waals surface area contributed by atoms with Crippen LogP contribution in [-0.2, 0) is 4.79 Å². The lowest BCUT2D eigenvalue weighted by molar-refractivity contribution is -0.111. The highest BCUT2D eigenvalue weighted by Gasteiger charge is 2.22. The second kappa shape index (κ2) is 14.3. The Bertz CT molecular complexity index is 1960. The van der Waals surface area contributed by atoms with Crippen molar-refractivity contribution in [3.8, 4) is 22.6 Å². The zero-order valence-electron chi connectivity index (χ0n) is 26.2. The number of methoxy groups -OCH3 is 2. The fraction of sp³-hybridized carbons (Fsp3) is 0.200. The summed E-state index contributed by atoms with van der Waals surface area (Å²) in [5, 5.41) is 7.18. The Morgan fingerprint density at radius 1 is 1.02 bits per heavy atom. The molecule has 2 N–H and O–H groups in total. The molecule has 3 heterocycles. The van der Waals surface area contributed by atoms with E-state index >= 15 is 0 Å². The van der Waals surface area contributed by atoms with Crippen LogP contribution in [0.2, 0.25) is 5.02 Å². The summed E-state index contributed by atoms with van der Waals surface area (Å²) in [6.45, 7) is 2.58.